The third kappa shape index (κ3) is 17.7. The average Bonchev–Trinajstić information content (AvgIpc) is 2.43. The molecule has 0 heterocycles. The fraction of sp³-hybridized carbons (Fsp3) is 0.889. The number of rotatable bonds is 15. The fourth-order valence-corrected chi connectivity index (χ4v) is 2.43. The number of aliphatic hydroxyl groups excluding tert-OH is 1. The van der Waals surface area contributed by atoms with Crippen LogP contribution in [0.25, 0.3) is 0 Å². The summed E-state index contributed by atoms with van der Waals surface area (Å²) in [5.74, 6) is 0. The van der Waals surface area contributed by atoms with E-state index in [9.17, 15) is 0 Å². The Morgan fingerprint density at radius 2 is 1.11 bits per heavy atom. The number of hydrogen-bond donors (Lipinski definition) is 1. The highest BCUT2D eigenvalue weighted by Crippen LogP contribution is 2.12. The lowest BCUT2D eigenvalue weighted by molar-refractivity contribution is 0.336. The molecule has 1 radical (unpaired) electrons. The highest BCUT2D eigenvalue weighted by molar-refractivity contribution is 4.72. The molecule has 0 aliphatic heterocycles. The predicted molar refractivity (Wildman–Crippen MR) is 85.2 cm³/mol. The van der Waals surface area contributed by atoms with Crippen LogP contribution in [-0.2, 0) is 0 Å². The van der Waals surface area contributed by atoms with Crippen LogP contribution in [0.2, 0.25) is 0 Å². The molecule has 0 aliphatic carbocycles. The summed E-state index contributed by atoms with van der Waals surface area (Å²) in [7, 11) is 0. The third-order valence-corrected chi connectivity index (χ3v) is 3.69. The molecule has 0 rings (SSSR count). The van der Waals surface area contributed by atoms with Crippen molar-refractivity contribution in [2.75, 3.05) is 6.61 Å². The second kappa shape index (κ2) is 17.7. The lowest BCUT2D eigenvalue weighted by Crippen LogP contribution is -1.83. The number of hydrogen-bond acceptors (Lipinski definition) is 1. The Kier molecular flexibility index (Phi) is 17.4. The first-order chi connectivity index (χ1) is 9.41. The van der Waals surface area contributed by atoms with Gasteiger partial charge in [0, 0.05) is 0 Å². The van der Waals surface area contributed by atoms with Gasteiger partial charge in [0.2, 0.25) is 0 Å². The minimum Gasteiger partial charge on any atom is -0.392 e. The van der Waals surface area contributed by atoms with Crippen molar-refractivity contribution in [2.45, 2.75) is 96.8 Å². The molecule has 19 heavy (non-hydrogen) atoms. The maximum atomic E-state index is 8.53. The predicted octanol–water partition coefficient (Wildman–Crippen LogP) is 5.82. The van der Waals surface area contributed by atoms with Crippen LogP contribution in [0.5, 0.6) is 0 Å². The Hall–Kier alpha value is -0.300. The molecule has 0 unspecified atom stereocenters. The first-order valence-corrected chi connectivity index (χ1v) is 8.57. The van der Waals surface area contributed by atoms with E-state index in [4.69, 9.17) is 5.11 Å². The van der Waals surface area contributed by atoms with Gasteiger partial charge in [-0.1, -0.05) is 90.0 Å². The highest BCUT2D eigenvalue weighted by atomic mass is 16.2. The molecule has 0 fully saturated rings. The molecule has 1 heteroatoms. The average molecular weight is 267 g/mol. The van der Waals surface area contributed by atoms with Gasteiger partial charge in [0.15, 0.2) is 0 Å². The second-order valence-corrected chi connectivity index (χ2v) is 5.60. The third-order valence-electron chi connectivity index (χ3n) is 3.69. The summed E-state index contributed by atoms with van der Waals surface area (Å²) in [6.07, 6.45) is 24.1. The van der Waals surface area contributed by atoms with Crippen molar-refractivity contribution >= 4 is 0 Å². The van der Waals surface area contributed by atoms with Crippen molar-refractivity contribution in [1.82, 2.24) is 0 Å². The Bertz CT molecular complexity index is 175. The summed E-state index contributed by atoms with van der Waals surface area (Å²) in [6, 6.07) is 0. The highest BCUT2D eigenvalue weighted by Gasteiger charge is 1.93. The number of unbranched alkanes of at least 4 members (excludes halogenated alkanes) is 13. The van der Waals surface area contributed by atoms with Gasteiger partial charge in [0.1, 0.15) is 0 Å². The number of allylic oxidation sites excluding steroid dienone is 1. The van der Waals surface area contributed by atoms with E-state index in [0.29, 0.717) is 0 Å². The zero-order valence-corrected chi connectivity index (χ0v) is 13.1. The van der Waals surface area contributed by atoms with E-state index >= 15 is 0 Å². The lowest BCUT2D eigenvalue weighted by Gasteiger charge is -2.02. The standard InChI is InChI=1S/C18H35O/c1-2-3-4-5-6-7-8-9-10-11-12-13-14-15-16-17-18-19/h16,19H,2-15,18H2,1H3. The topological polar surface area (TPSA) is 20.2 Å². The maximum absolute atomic E-state index is 8.53. The normalized spacial score (nSPS) is 11.5. The van der Waals surface area contributed by atoms with Gasteiger partial charge in [-0.3, -0.25) is 0 Å². The summed E-state index contributed by atoms with van der Waals surface area (Å²) < 4.78 is 0. The molecule has 0 bridgehead atoms. The Labute approximate surface area is 121 Å². The molecular weight excluding hydrogens is 232 g/mol. The first kappa shape index (κ1) is 18.7. The monoisotopic (exact) mass is 267 g/mol. The van der Waals surface area contributed by atoms with Crippen LogP contribution in [0.3, 0.4) is 0 Å². The van der Waals surface area contributed by atoms with Crippen molar-refractivity contribution in [3.63, 3.8) is 0 Å². The van der Waals surface area contributed by atoms with Gasteiger partial charge in [-0.05, 0) is 18.9 Å². The van der Waals surface area contributed by atoms with E-state index in [-0.39, 0.29) is 6.61 Å². The van der Waals surface area contributed by atoms with E-state index in [2.05, 4.69) is 13.0 Å². The van der Waals surface area contributed by atoms with Crippen LogP contribution in [-0.4, -0.2) is 11.7 Å². The summed E-state index contributed by atoms with van der Waals surface area (Å²) in [5, 5.41) is 8.53. The van der Waals surface area contributed by atoms with Crippen LogP contribution in [0.1, 0.15) is 96.8 Å². The quantitative estimate of drug-likeness (QED) is 0.371. The molecule has 1 nitrogen and oxygen atoms in total. The summed E-state index contributed by atoms with van der Waals surface area (Å²) in [5.41, 5.74) is 0. The largest absolute Gasteiger partial charge is 0.392 e. The molecule has 0 spiro atoms. The molecule has 0 saturated heterocycles. The van der Waals surface area contributed by atoms with Gasteiger partial charge in [-0.25, -0.2) is 0 Å². The lowest BCUT2D eigenvalue weighted by atomic mass is 10.0. The van der Waals surface area contributed by atoms with Gasteiger partial charge in [-0.2, -0.15) is 0 Å². The van der Waals surface area contributed by atoms with E-state index in [1.807, 2.05) is 6.08 Å². The summed E-state index contributed by atoms with van der Waals surface area (Å²) in [4.78, 5) is 0. The zero-order chi connectivity index (χ0) is 14.0. The van der Waals surface area contributed by atoms with Crippen molar-refractivity contribution < 1.29 is 5.11 Å². The second-order valence-electron chi connectivity index (χ2n) is 5.60. The van der Waals surface area contributed by atoms with E-state index < -0.39 is 0 Å². The van der Waals surface area contributed by atoms with Gasteiger partial charge in [0.05, 0.1) is 6.61 Å². The van der Waals surface area contributed by atoms with E-state index in [1.165, 1.54) is 83.5 Å². The molecule has 0 saturated carbocycles. The Morgan fingerprint density at radius 1 is 0.684 bits per heavy atom. The van der Waals surface area contributed by atoms with Gasteiger partial charge < -0.3 is 5.11 Å². The van der Waals surface area contributed by atoms with E-state index in [1.54, 1.807) is 0 Å². The summed E-state index contributed by atoms with van der Waals surface area (Å²) >= 11 is 0. The first-order valence-electron chi connectivity index (χ1n) is 8.57. The van der Waals surface area contributed by atoms with Crippen molar-refractivity contribution in [3.05, 3.63) is 12.2 Å². The number of aliphatic hydroxyl groups is 1. The minimum atomic E-state index is 0.0679. The van der Waals surface area contributed by atoms with Gasteiger partial charge in [-0.15, -0.1) is 0 Å². The molecule has 0 aliphatic rings. The van der Waals surface area contributed by atoms with E-state index in [0.717, 1.165) is 6.42 Å². The molecule has 0 aromatic rings. The smallest absolute Gasteiger partial charge is 0.0682 e. The minimum absolute atomic E-state index is 0.0679. The Balaban J connectivity index is 2.93. The SMILES string of the molecule is CCCCCCCCCCCCCCC/C=[C]\CO. The zero-order valence-electron chi connectivity index (χ0n) is 13.1. The summed E-state index contributed by atoms with van der Waals surface area (Å²) in [6.45, 7) is 2.35. The maximum Gasteiger partial charge on any atom is 0.0682 e. The Morgan fingerprint density at radius 3 is 1.53 bits per heavy atom. The van der Waals surface area contributed by atoms with Crippen LogP contribution in [0.4, 0.5) is 0 Å². The van der Waals surface area contributed by atoms with Crippen LogP contribution < -0.4 is 0 Å². The van der Waals surface area contributed by atoms with Crippen LogP contribution >= 0.6 is 0 Å². The molecule has 113 valence electrons. The molecule has 0 atom stereocenters. The molecule has 0 aromatic heterocycles. The van der Waals surface area contributed by atoms with Gasteiger partial charge >= 0.3 is 0 Å². The molecule has 0 amide bonds. The van der Waals surface area contributed by atoms with Crippen LogP contribution in [0.15, 0.2) is 6.08 Å². The van der Waals surface area contributed by atoms with Crippen molar-refractivity contribution in [2.24, 2.45) is 0 Å². The van der Waals surface area contributed by atoms with Gasteiger partial charge in [0.25, 0.3) is 0 Å². The van der Waals surface area contributed by atoms with Crippen molar-refractivity contribution in [3.8, 4) is 0 Å². The van der Waals surface area contributed by atoms with Crippen LogP contribution in [0, 0.1) is 6.08 Å². The molecular formula is C18H35O. The molecule has 1 N–H and O–H groups in total. The van der Waals surface area contributed by atoms with Crippen molar-refractivity contribution in [1.29, 1.82) is 0 Å². The fourth-order valence-electron chi connectivity index (χ4n) is 2.43. The molecule has 0 aromatic carbocycles.